The number of benzene rings is 3. The highest BCUT2D eigenvalue weighted by Crippen LogP contribution is 2.27. The van der Waals surface area contributed by atoms with Crippen LogP contribution in [0.2, 0.25) is 0 Å². The zero-order valence-corrected chi connectivity index (χ0v) is 76.2. The molecule has 5 heterocycles. The van der Waals surface area contributed by atoms with Crippen LogP contribution >= 0.6 is 11.8 Å². The minimum absolute atomic E-state index is 0.00772. The van der Waals surface area contributed by atoms with Crippen molar-refractivity contribution in [3.63, 3.8) is 0 Å². The van der Waals surface area contributed by atoms with Crippen molar-refractivity contribution in [3.8, 4) is 5.75 Å². The number of aliphatic hydroxyl groups is 2. The predicted molar refractivity (Wildman–Crippen MR) is 485 cm³/mol. The molecule has 0 radical (unpaired) electrons. The number of aliphatic carboxylic acids is 1. The van der Waals surface area contributed by atoms with E-state index in [4.69, 9.17) is 17.2 Å². The lowest BCUT2D eigenvalue weighted by molar-refractivity contribution is -0.149. The number of likely N-dealkylation sites (tertiary alicyclic amines) is 2. The van der Waals surface area contributed by atoms with Crippen LogP contribution in [0.3, 0.4) is 0 Å². The number of phenols is 1. The van der Waals surface area contributed by atoms with Crippen LogP contribution in [0.15, 0.2) is 97.7 Å². The molecule has 3 aromatic carbocycles. The number of phenolic OH excluding ortho intramolecular Hbond substituents is 1. The number of carboxylic acids is 1. The fourth-order valence-corrected chi connectivity index (χ4v) is 16.8. The molecule has 15 amide bonds. The number of carbonyl (C=O) groups is 17. The molecule has 42 nitrogen and oxygen atoms in total. The van der Waals surface area contributed by atoms with E-state index in [0.717, 1.165) is 48.9 Å². The molecule has 22 N–H and O–H groups in total. The van der Waals surface area contributed by atoms with Gasteiger partial charge in [-0.1, -0.05) is 88.1 Å². The topological polar surface area (TPSA) is 634 Å². The van der Waals surface area contributed by atoms with Crippen molar-refractivity contribution in [3.05, 3.63) is 120 Å². The maximum Gasteiger partial charge on any atom is 0.303 e. The number of likely N-dealkylation sites (N-methyl/N-ethyl adjacent to an activating group) is 3. The monoisotopic (exact) mass is 1860 g/mol. The lowest BCUT2D eigenvalue weighted by Gasteiger charge is -2.36. The fourth-order valence-electron chi connectivity index (χ4n) is 15.9. The first kappa shape index (κ1) is 104. The second kappa shape index (κ2) is 50.5. The summed E-state index contributed by atoms with van der Waals surface area (Å²) in [4.78, 5) is 258. The van der Waals surface area contributed by atoms with E-state index in [0.29, 0.717) is 42.5 Å². The number of aromatic nitrogens is 4. The second-order valence-corrected chi connectivity index (χ2v) is 34.4. The smallest absolute Gasteiger partial charge is 0.303 e. The molecule has 6 aromatic rings. The lowest BCUT2D eigenvalue weighted by Crippen LogP contribution is -2.60. The minimum Gasteiger partial charge on any atom is -0.508 e. The molecule has 8 rings (SSSR count). The van der Waals surface area contributed by atoms with Gasteiger partial charge in [0.05, 0.1) is 43.4 Å². The van der Waals surface area contributed by atoms with Gasteiger partial charge in [-0.3, -0.25) is 81.5 Å². The number of aromatic hydroxyl groups is 1. The highest BCUT2D eigenvalue weighted by atomic mass is 32.2. The Morgan fingerprint density at radius 1 is 0.583 bits per heavy atom. The number of β-amino-alcohol motifs (C(OH)–C–C–N with tert-alkyl or cyclic N) is 1. The zero-order valence-electron chi connectivity index (χ0n) is 75.4. The van der Waals surface area contributed by atoms with Crippen molar-refractivity contribution in [1.29, 1.82) is 0 Å². The van der Waals surface area contributed by atoms with E-state index in [2.05, 4.69) is 67.8 Å². The number of carbonyl (C=O) groups excluding carboxylic acids is 16. The van der Waals surface area contributed by atoms with E-state index < -0.39 is 223 Å². The highest BCUT2D eigenvalue weighted by Gasteiger charge is 2.45. The van der Waals surface area contributed by atoms with Crippen LogP contribution in [0.25, 0.3) is 21.8 Å². The van der Waals surface area contributed by atoms with E-state index in [1.807, 2.05) is 56.3 Å². The first-order valence-corrected chi connectivity index (χ1v) is 45.3. The summed E-state index contributed by atoms with van der Waals surface area (Å²) in [6, 6.07) is 0.924. The molecule has 2 saturated heterocycles. The number of amides is 15. The van der Waals surface area contributed by atoms with Gasteiger partial charge in [0.2, 0.25) is 88.6 Å². The fraction of sp³-hybridized carbons (Fsp3) is 0.528. The number of unbranched alkanes of at least 4 members (excludes halogenated alkanes) is 2. The average molecular weight is 1860 g/mol. The number of H-pyrrole nitrogens is 3. The zero-order chi connectivity index (χ0) is 96.7. The number of fused-ring (bicyclic) bond motifs is 2. The third kappa shape index (κ3) is 29.3. The maximum absolute atomic E-state index is 15.2. The van der Waals surface area contributed by atoms with Gasteiger partial charge in [-0.25, -0.2) is 4.98 Å². The van der Waals surface area contributed by atoms with Gasteiger partial charge >= 0.3 is 5.97 Å². The largest absolute Gasteiger partial charge is 0.508 e. The third-order valence-electron chi connectivity index (χ3n) is 23.6. The van der Waals surface area contributed by atoms with Gasteiger partial charge in [-0.15, -0.1) is 11.8 Å². The highest BCUT2D eigenvalue weighted by molar-refractivity contribution is 8.00. The second-order valence-electron chi connectivity index (χ2n) is 33.4. The van der Waals surface area contributed by atoms with Crippen molar-refractivity contribution in [2.24, 2.45) is 17.2 Å². The van der Waals surface area contributed by atoms with Crippen LogP contribution in [0.5, 0.6) is 5.75 Å². The molecule has 3 aromatic heterocycles. The number of aromatic amines is 3. The van der Waals surface area contributed by atoms with Crippen molar-refractivity contribution >= 4 is 134 Å². The Labute approximate surface area is 767 Å². The number of primary amides is 1. The number of nitrogens with two attached hydrogens (primary N) is 3. The van der Waals surface area contributed by atoms with Crippen molar-refractivity contribution in [1.82, 2.24) is 92.3 Å². The molecule has 15 atom stereocenters. The number of aliphatic hydroxyl groups excluding tert-OH is 2. The quantitative estimate of drug-likeness (QED) is 0.0195. The Bertz CT molecular complexity index is 5030. The van der Waals surface area contributed by atoms with E-state index in [1.165, 1.54) is 93.4 Å². The molecule has 0 aliphatic carbocycles. The van der Waals surface area contributed by atoms with Gasteiger partial charge in [-0.2, -0.15) is 0 Å². The summed E-state index contributed by atoms with van der Waals surface area (Å²) in [5.41, 5.74) is 21.2. The molecule has 0 spiro atoms. The molecule has 2 fully saturated rings. The van der Waals surface area contributed by atoms with Gasteiger partial charge in [0.1, 0.15) is 78.3 Å². The number of nitrogens with one attached hydrogen (secondary N) is 12. The first-order chi connectivity index (χ1) is 62.9. The number of ketones is 1. The first-order valence-electron chi connectivity index (χ1n) is 44.2. The standard InChI is InChI=1S/C89H125N21O21S/c1-9-11-24-70(107(7)89(131)72(25-12-10-2)108(8)86(128)67(37-54-41-95-62-22-16-14-20-59(54)62)103-82(124)68(45-111)104-79(121)60(91)36-53-40-94-61-21-15-13-19-58(53)61)83(125)98-49(3)77(119)105-69(80(122)96-43-74(92)115)46-132-47-75(116)99-66(35-52-27-29-56(113)30-28-52)85(127)106(6)50(4)78(120)100-64(31-32-76(117)118)87(129)109-34-18-26-71(109)84(126)102-65(38-55-42-93-48-97-55)81(123)101-63(23-17-33-90)88(130)110-44-57(114)39-73(110)51(5)112/h13-16,19-22,27-30,40-42,48-50,57,60,63-73,94-95,111,113-114H,9-12,17-18,23-26,31-39,43-47,90-91H2,1-8H3,(H2,92,115)(H,93,97)(H,96,122)(H,98,125)(H,99,116)(H,100,120)(H,101,123)(H,102,126)(H,103,124)(H,104,121)(H,105,119)(H,117,118)/t49-,50-,57+,60-,63-,64-,65-,66-,67-,68-,69-,70-,71-,72-,73-/m0/s1. The number of imidazole rings is 1. The normalized spacial score (nSPS) is 16.9. The Morgan fingerprint density at radius 2 is 1.15 bits per heavy atom. The molecule has 0 saturated carbocycles. The number of nitrogens with zero attached hydrogens (tertiary/aromatic N) is 6. The molecular formula is C89H125N21O21S. The lowest BCUT2D eigenvalue weighted by atomic mass is 10.00. The number of hydrogen-bond donors (Lipinski definition) is 19. The number of thioether (sulfide) groups is 1. The summed E-state index contributed by atoms with van der Waals surface area (Å²) in [7, 11) is 3.98. The molecule has 718 valence electrons. The molecular weight excluding hydrogens is 1730 g/mol. The molecule has 43 heteroatoms. The van der Waals surface area contributed by atoms with E-state index in [1.54, 1.807) is 18.5 Å². The Morgan fingerprint density at radius 3 is 1.76 bits per heavy atom. The summed E-state index contributed by atoms with van der Waals surface area (Å²) in [5.74, 6) is -15.5. The summed E-state index contributed by atoms with van der Waals surface area (Å²) in [6.45, 7) is 5.88. The van der Waals surface area contributed by atoms with Crippen LogP contribution in [0, 0.1) is 0 Å². The maximum atomic E-state index is 15.2. The number of carboxylic acid groups (broad SMARTS) is 1. The van der Waals surface area contributed by atoms with Crippen molar-refractivity contribution in [2.45, 2.75) is 234 Å². The number of rotatable bonds is 52. The Balaban J connectivity index is 0.920. The molecule has 132 heavy (non-hydrogen) atoms. The van der Waals surface area contributed by atoms with Crippen LogP contribution in [0.1, 0.15) is 140 Å². The van der Waals surface area contributed by atoms with E-state index >= 15 is 9.59 Å². The van der Waals surface area contributed by atoms with E-state index in [-0.39, 0.29) is 102 Å². The van der Waals surface area contributed by atoms with Crippen molar-refractivity contribution in [2.75, 3.05) is 65.4 Å². The molecule has 2 aliphatic rings. The molecule has 2 aliphatic heterocycles. The Hall–Kier alpha value is -12.9. The van der Waals surface area contributed by atoms with Gasteiger partial charge < -0.3 is 125 Å². The van der Waals surface area contributed by atoms with E-state index in [9.17, 15) is 92.3 Å². The average Bonchev–Trinajstić information content (AvgIpc) is 1.77. The molecule has 0 unspecified atom stereocenters. The minimum atomic E-state index is -1.63. The van der Waals surface area contributed by atoms with Crippen LogP contribution in [-0.2, 0) is 107 Å². The van der Waals surface area contributed by atoms with Gasteiger partial charge in [0, 0.05) is 118 Å². The van der Waals surface area contributed by atoms with Crippen LogP contribution < -0.4 is 65.1 Å². The van der Waals surface area contributed by atoms with Crippen LogP contribution in [-0.4, -0.2) is 321 Å². The third-order valence-corrected chi connectivity index (χ3v) is 24.6. The Kier molecular flexibility index (Phi) is 40.0. The summed E-state index contributed by atoms with van der Waals surface area (Å²) >= 11 is 0.775. The summed E-state index contributed by atoms with van der Waals surface area (Å²) in [6.07, 6.45) is 5.98. The van der Waals surface area contributed by atoms with Gasteiger partial charge in [0.15, 0.2) is 5.78 Å². The summed E-state index contributed by atoms with van der Waals surface area (Å²) < 4.78 is 0. The van der Waals surface area contributed by atoms with Gasteiger partial charge in [-0.05, 0) is 120 Å². The number of Topliss-reactive ketones (excluding diaryl/α,β-unsaturated/α-hetero) is 1. The number of para-hydroxylation sites is 2. The van der Waals surface area contributed by atoms with Gasteiger partial charge in [0.25, 0.3) is 0 Å². The SMILES string of the molecule is CCCC[C@@H](C(=O)N(C)[C@@H](CCCC)C(=O)N[C@@H](C)C(=O)N[C@@H](CSCC(=O)N[C@@H](Cc1ccc(O)cc1)C(=O)N(C)[C@@H](C)C(=O)N[C@@H](CCC(=O)O)C(=O)N1CCC[C@H]1C(=O)N[C@@H](Cc1cnc[nH]1)C(=O)N[C@@H](CCCN)C(=O)N1C[C@H](O)C[C@H]1C(C)=O)C(=O)NCC(N)=O)N(C)C(=O)[C@H](Cc1c[nH]c2ccccc12)NC(=O)[C@H](CO)NC(=O)[C@@H](N)Cc1c[nH]c2ccccc12. The predicted octanol–water partition coefficient (Wildman–Crippen LogP) is -2.07. The summed E-state index contributed by atoms with van der Waals surface area (Å²) in [5, 5.41) is 66.0. The van der Waals surface area contributed by atoms with Crippen LogP contribution in [0.4, 0.5) is 0 Å². The molecule has 0 bridgehead atoms. The van der Waals surface area contributed by atoms with Crippen molar-refractivity contribution < 1.29 is 102 Å². The number of hydrogen-bond acceptors (Lipinski definition) is 24.